The number of amides is 1. The molecule has 1 saturated carbocycles. The smallest absolute Gasteiger partial charge is 0.411 e. The van der Waals surface area contributed by atoms with Crippen molar-refractivity contribution >= 4 is 23.0 Å². The Morgan fingerprint density at radius 2 is 1.83 bits per heavy atom. The quantitative estimate of drug-likeness (QED) is 0.743. The van der Waals surface area contributed by atoms with Gasteiger partial charge in [0.1, 0.15) is 11.6 Å². The van der Waals surface area contributed by atoms with E-state index in [2.05, 4.69) is 4.98 Å². The Morgan fingerprint density at radius 3 is 2.48 bits per heavy atom. The van der Waals surface area contributed by atoms with E-state index < -0.39 is 23.7 Å². The van der Waals surface area contributed by atoms with Crippen molar-refractivity contribution in [3.8, 4) is 0 Å². The average Bonchev–Trinajstić information content (AvgIpc) is 3.04. The number of aliphatic carboxylic acids is 1. The first-order valence-electron chi connectivity index (χ1n) is 10.6. The summed E-state index contributed by atoms with van der Waals surface area (Å²) in [6, 6.07) is 6.76. The number of carboxylic acids is 1. The molecule has 4 rings (SSSR count). The van der Waals surface area contributed by atoms with Crippen molar-refractivity contribution in [2.75, 3.05) is 0 Å². The van der Waals surface area contributed by atoms with Crippen LogP contribution in [-0.2, 0) is 16.0 Å². The molecule has 2 aromatic rings. The van der Waals surface area contributed by atoms with Crippen molar-refractivity contribution in [3.63, 3.8) is 0 Å². The Morgan fingerprint density at radius 1 is 1.14 bits per heavy atom. The van der Waals surface area contributed by atoms with Crippen LogP contribution in [0.25, 0.3) is 10.9 Å². The maximum atomic E-state index is 13.2. The van der Waals surface area contributed by atoms with Crippen LogP contribution in [0.1, 0.15) is 70.2 Å². The van der Waals surface area contributed by atoms with E-state index in [1.807, 2.05) is 45.0 Å². The Hall–Kier alpha value is -2.50. The second kappa shape index (κ2) is 7.39. The summed E-state index contributed by atoms with van der Waals surface area (Å²) in [6.07, 6.45) is 5.14. The monoisotopic (exact) mass is 398 g/mol. The fourth-order valence-electron chi connectivity index (χ4n) is 4.99. The maximum absolute atomic E-state index is 13.2. The number of ether oxygens (including phenoxy) is 1. The molecule has 1 aromatic carbocycles. The number of aromatic nitrogens is 1. The predicted octanol–water partition coefficient (Wildman–Crippen LogP) is 5.04. The van der Waals surface area contributed by atoms with E-state index in [-0.39, 0.29) is 18.4 Å². The van der Waals surface area contributed by atoms with Crippen LogP contribution in [-0.4, -0.2) is 38.7 Å². The lowest BCUT2D eigenvalue weighted by Gasteiger charge is -2.44. The SMILES string of the molecule is CC(C)(C)OC(=O)N1[C@@H](C(=O)O)Cc2c([nH]c3ccccc23)[C@@H]1C1CCCCC1. The molecule has 156 valence electrons. The zero-order valence-corrected chi connectivity index (χ0v) is 17.4. The van der Waals surface area contributed by atoms with Crippen LogP contribution < -0.4 is 0 Å². The van der Waals surface area contributed by atoms with Crippen molar-refractivity contribution in [3.05, 3.63) is 35.5 Å². The van der Waals surface area contributed by atoms with Crippen LogP contribution >= 0.6 is 0 Å². The van der Waals surface area contributed by atoms with Crippen molar-refractivity contribution in [2.45, 2.75) is 77.0 Å². The first kappa shape index (κ1) is 19.8. The van der Waals surface area contributed by atoms with Gasteiger partial charge >= 0.3 is 12.1 Å². The largest absolute Gasteiger partial charge is 0.480 e. The summed E-state index contributed by atoms with van der Waals surface area (Å²) in [5.41, 5.74) is 2.33. The molecule has 1 aromatic heterocycles. The molecule has 2 aliphatic rings. The lowest BCUT2D eigenvalue weighted by molar-refractivity contribution is -0.145. The van der Waals surface area contributed by atoms with Gasteiger partial charge in [0.25, 0.3) is 0 Å². The number of aromatic amines is 1. The Bertz CT molecular complexity index is 921. The van der Waals surface area contributed by atoms with Crippen LogP contribution in [0.2, 0.25) is 0 Å². The van der Waals surface area contributed by atoms with Gasteiger partial charge in [0.15, 0.2) is 0 Å². The summed E-state index contributed by atoms with van der Waals surface area (Å²) in [5.74, 6) is -0.752. The summed E-state index contributed by atoms with van der Waals surface area (Å²) < 4.78 is 5.68. The molecule has 0 radical (unpaired) electrons. The van der Waals surface area contributed by atoms with Gasteiger partial charge in [0.05, 0.1) is 6.04 Å². The van der Waals surface area contributed by atoms with Crippen molar-refractivity contribution in [2.24, 2.45) is 5.92 Å². The van der Waals surface area contributed by atoms with E-state index >= 15 is 0 Å². The van der Waals surface area contributed by atoms with Crippen molar-refractivity contribution in [1.29, 1.82) is 0 Å². The molecule has 0 unspecified atom stereocenters. The van der Waals surface area contributed by atoms with Crippen LogP contribution in [0.4, 0.5) is 4.79 Å². The molecule has 0 bridgehead atoms. The fourth-order valence-corrected chi connectivity index (χ4v) is 4.99. The summed E-state index contributed by atoms with van der Waals surface area (Å²) in [4.78, 5) is 30.5. The highest BCUT2D eigenvalue weighted by Gasteiger charge is 2.47. The van der Waals surface area contributed by atoms with Crippen LogP contribution in [0.15, 0.2) is 24.3 Å². The van der Waals surface area contributed by atoms with Gasteiger partial charge in [-0.3, -0.25) is 4.90 Å². The maximum Gasteiger partial charge on any atom is 0.411 e. The summed E-state index contributed by atoms with van der Waals surface area (Å²) in [7, 11) is 0. The number of rotatable bonds is 2. The van der Waals surface area contributed by atoms with Gasteiger partial charge in [-0.2, -0.15) is 0 Å². The number of carboxylic acid groups (broad SMARTS) is 1. The van der Waals surface area contributed by atoms with Gasteiger partial charge in [-0.05, 0) is 51.2 Å². The van der Waals surface area contributed by atoms with Gasteiger partial charge in [-0.25, -0.2) is 9.59 Å². The van der Waals surface area contributed by atoms with E-state index in [4.69, 9.17) is 4.74 Å². The second-order valence-electron chi connectivity index (χ2n) is 9.35. The third-order valence-electron chi connectivity index (χ3n) is 6.16. The Labute approximate surface area is 171 Å². The van der Waals surface area contributed by atoms with E-state index in [0.29, 0.717) is 0 Å². The highest BCUT2D eigenvalue weighted by molar-refractivity contribution is 5.88. The molecule has 2 N–H and O–H groups in total. The van der Waals surface area contributed by atoms with Gasteiger partial charge in [0, 0.05) is 23.0 Å². The van der Waals surface area contributed by atoms with E-state index in [1.54, 1.807) is 0 Å². The molecule has 1 aliphatic heterocycles. The van der Waals surface area contributed by atoms with Crippen LogP contribution in [0.5, 0.6) is 0 Å². The predicted molar refractivity (Wildman–Crippen MR) is 111 cm³/mol. The third-order valence-corrected chi connectivity index (χ3v) is 6.16. The van der Waals surface area contributed by atoms with E-state index in [0.717, 1.165) is 47.8 Å². The lowest BCUT2D eigenvalue weighted by Crippen LogP contribution is -2.54. The second-order valence-corrected chi connectivity index (χ2v) is 9.35. The van der Waals surface area contributed by atoms with Crippen LogP contribution in [0, 0.1) is 5.92 Å². The Kier molecular flexibility index (Phi) is 5.05. The molecule has 29 heavy (non-hydrogen) atoms. The highest BCUT2D eigenvalue weighted by Crippen LogP contribution is 2.46. The molecule has 6 nitrogen and oxygen atoms in total. The zero-order valence-electron chi connectivity index (χ0n) is 17.4. The van der Waals surface area contributed by atoms with Gasteiger partial charge < -0.3 is 14.8 Å². The molecule has 2 atom stereocenters. The van der Waals surface area contributed by atoms with E-state index in [1.165, 1.54) is 11.3 Å². The molecule has 2 heterocycles. The standard InChI is InChI=1S/C23H30N2O4/c1-23(2,3)29-22(28)25-18(21(26)27)13-16-15-11-7-8-12-17(15)24-19(16)20(25)14-9-5-4-6-10-14/h7-8,11-12,14,18,20,24H,4-6,9-10,13H2,1-3H3,(H,26,27)/t18-,20+/m1/s1. The van der Waals surface area contributed by atoms with E-state index in [9.17, 15) is 14.7 Å². The molecule has 0 saturated heterocycles. The first-order valence-corrected chi connectivity index (χ1v) is 10.6. The molecule has 0 spiro atoms. The number of carbonyl (C=O) groups is 2. The minimum atomic E-state index is -0.979. The lowest BCUT2D eigenvalue weighted by atomic mass is 9.78. The fraction of sp³-hybridized carbons (Fsp3) is 0.565. The van der Waals surface area contributed by atoms with Crippen molar-refractivity contribution < 1.29 is 19.4 Å². The number of carbonyl (C=O) groups excluding carboxylic acids is 1. The topological polar surface area (TPSA) is 82.6 Å². The Balaban J connectivity index is 1.86. The number of fused-ring (bicyclic) bond motifs is 3. The summed E-state index contributed by atoms with van der Waals surface area (Å²) in [5, 5.41) is 11.1. The van der Waals surface area contributed by atoms with Crippen LogP contribution in [0.3, 0.4) is 0 Å². The number of nitrogens with zero attached hydrogens (tertiary/aromatic N) is 1. The summed E-state index contributed by atoms with van der Waals surface area (Å²) >= 11 is 0. The summed E-state index contributed by atoms with van der Waals surface area (Å²) in [6.45, 7) is 5.44. The number of para-hydroxylation sites is 1. The highest BCUT2D eigenvalue weighted by atomic mass is 16.6. The third kappa shape index (κ3) is 3.72. The number of benzene rings is 1. The molecule has 1 fully saturated rings. The molecule has 1 aliphatic carbocycles. The number of nitrogens with one attached hydrogen (secondary N) is 1. The normalized spacial score (nSPS) is 23.1. The molecule has 6 heteroatoms. The van der Waals surface area contributed by atoms with Gasteiger partial charge in [-0.1, -0.05) is 37.5 Å². The number of hydrogen-bond donors (Lipinski definition) is 2. The molecular weight excluding hydrogens is 368 g/mol. The average molecular weight is 399 g/mol. The molecular formula is C23H30N2O4. The minimum absolute atomic E-state index is 0.227. The number of hydrogen-bond acceptors (Lipinski definition) is 3. The zero-order chi connectivity index (χ0) is 20.8. The minimum Gasteiger partial charge on any atom is -0.480 e. The van der Waals surface area contributed by atoms with Crippen molar-refractivity contribution in [1.82, 2.24) is 9.88 Å². The van der Waals surface area contributed by atoms with Gasteiger partial charge in [-0.15, -0.1) is 0 Å². The molecule has 1 amide bonds. The van der Waals surface area contributed by atoms with Gasteiger partial charge in [0.2, 0.25) is 0 Å². The number of H-pyrrole nitrogens is 1. The first-order chi connectivity index (χ1) is 13.8.